The normalized spacial score (nSPS) is 15.2. The molecule has 1 aromatic rings. The molecule has 0 saturated heterocycles. The molecule has 2 N–H and O–H groups in total. The van der Waals surface area contributed by atoms with Gasteiger partial charge in [0.05, 0.1) is 24.6 Å². The van der Waals surface area contributed by atoms with E-state index in [1.807, 2.05) is 13.0 Å². The van der Waals surface area contributed by atoms with Gasteiger partial charge in [0.2, 0.25) is 0 Å². The molecule has 110 valence electrons. The maximum absolute atomic E-state index is 11.9. The molecule has 1 aromatic heterocycles. The van der Waals surface area contributed by atoms with Crippen molar-refractivity contribution in [1.29, 1.82) is 0 Å². The molecule has 0 bridgehead atoms. The van der Waals surface area contributed by atoms with Crippen molar-refractivity contribution >= 4 is 11.6 Å². The lowest BCUT2D eigenvalue weighted by Gasteiger charge is -2.11. The lowest BCUT2D eigenvalue weighted by Crippen LogP contribution is -2.29. The van der Waals surface area contributed by atoms with Crippen molar-refractivity contribution in [3.8, 4) is 0 Å². The van der Waals surface area contributed by atoms with Gasteiger partial charge in [0.15, 0.2) is 0 Å². The summed E-state index contributed by atoms with van der Waals surface area (Å²) in [5, 5.41) is 5.97. The largest absolute Gasteiger partial charge is 0.384 e. The molecule has 2 rings (SSSR count). The Morgan fingerprint density at radius 2 is 2.20 bits per heavy atom. The van der Waals surface area contributed by atoms with Crippen LogP contribution in [-0.4, -0.2) is 36.7 Å². The monoisotopic (exact) mass is 277 g/mol. The summed E-state index contributed by atoms with van der Waals surface area (Å²) in [6, 6.07) is 3.59. The van der Waals surface area contributed by atoms with Crippen LogP contribution in [0.2, 0.25) is 0 Å². The molecule has 1 saturated carbocycles. The topological polar surface area (TPSA) is 63.2 Å². The molecule has 1 aliphatic rings. The Morgan fingerprint density at radius 3 is 2.85 bits per heavy atom. The predicted molar refractivity (Wildman–Crippen MR) is 78.9 cm³/mol. The smallest absolute Gasteiger partial charge is 0.269 e. The summed E-state index contributed by atoms with van der Waals surface area (Å²) in [7, 11) is 0. The van der Waals surface area contributed by atoms with Gasteiger partial charge in [-0.25, -0.2) is 4.98 Å². The van der Waals surface area contributed by atoms with Crippen LogP contribution in [0.25, 0.3) is 0 Å². The number of aromatic nitrogens is 1. The summed E-state index contributed by atoms with van der Waals surface area (Å²) < 4.78 is 5.70. The molecule has 0 radical (unpaired) electrons. The number of anilines is 1. The fraction of sp³-hybridized carbons (Fsp3) is 0.600. The summed E-state index contributed by atoms with van der Waals surface area (Å²) in [6.45, 7) is 3.97. The first-order valence-corrected chi connectivity index (χ1v) is 7.39. The minimum Gasteiger partial charge on any atom is -0.384 e. The molecule has 1 amide bonds. The van der Waals surface area contributed by atoms with Gasteiger partial charge in [0.25, 0.3) is 5.91 Å². The van der Waals surface area contributed by atoms with Gasteiger partial charge >= 0.3 is 0 Å². The molecule has 5 nitrogen and oxygen atoms in total. The van der Waals surface area contributed by atoms with Crippen LogP contribution in [0.4, 0.5) is 5.69 Å². The second kappa shape index (κ2) is 7.85. The second-order valence-corrected chi connectivity index (χ2v) is 5.00. The van der Waals surface area contributed by atoms with E-state index in [-0.39, 0.29) is 5.91 Å². The summed E-state index contributed by atoms with van der Waals surface area (Å²) in [4.78, 5) is 16.0. The molecule has 1 fully saturated rings. The van der Waals surface area contributed by atoms with E-state index in [4.69, 9.17) is 4.74 Å². The van der Waals surface area contributed by atoms with Crippen molar-refractivity contribution in [3.05, 3.63) is 24.0 Å². The number of hydrogen-bond donors (Lipinski definition) is 2. The van der Waals surface area contributed by atoms with Gasteiger partial charge in [-0.05, 0) is 31.9 Å². The van der Waals surface area contributed by atoms with Gasteiger partial charge in [-0.2, -0.15) is 0 Å². The minimum absolute atomic E-state index is 0.150. The first-order chi connectivity index (χ1) is 9.79. The van der Waals surface area contributed by atoms with Gasteiger partial charge in [-0.15, -0.1) is 0 Å². The van der Waals surface area contributed by atoms with Gasteiger partial charge in [0.1, 0.15) is 5.69 Å². The van der Waals surface area contributed by atoms with Crippen LogP contribution >= 0.6 is 0 Å². The highest BCUT2D eigenvalue weighted by atomic mass is 16.5. The first kappa shape index (κ1) is 14.8. The molecule has 0 unspecified atom stereocenters. The van der Waals surface area contributed by atoms with Crippen molar-refractivity contribution < 1.29 is 9.53 Å². The Balaban J connectivity index is 1.68. The third-order valence-corrected chi connectivity index (χ3v) is 3.42. The third-order valence-electron chi connectivity index (χ3n) is 3.42. The average molecular weight is 277 g/mol. The Kier molecular flexibility index (Phi) is 5.80. The summed E-state index contributed by atoms with van der Waals surface area (Å²) >= 11 is 0. The van der Waals surface area contributed by atoms with Crippen LogP contribution in [0.15, 0.2) is 18.3 Å². The number of pyridine rings is 1. The zero-order valence-corrected chi connectivity index (χ0v) is 12.0. The molecule has 0 aliphatic heterocycles. The number of carbonyl (C=O) groups is 1. The summed E-state index contributed by atoms with van der Waals surface area (Å²) in [5.74, 6) is -0.150. The Bertz CT molecular complexity index is 414. The average Bonchev–Trinajstić information content (AvgIpc) is 2.98. The molecule has 0 aromatic carbocycles. The Labute approximate surface area is 120 Å². The number of nitrogens with zero attached hydrogens (tertiary/aromatic N) is 1. The third kappa shape index (κ3) is 4.49. The standard InChI is InChI=1S/C15H23N3O2/c1-2-16-12-7-8-14(18-11-12)15(19)17-9-10-20-13-5-3-4-6-13/h7-8,11,13,16H,2-6,9-10H2,1H3,(H,17,19). The van der Waals surface area contributed by atoms with E-state index in [0.29, 0.717) is 24.9 Å². The SMILES string of the molecule is CCNc1ccc(C(=O)NCCOC2CCCC2)nc1. The van der Waals surface area contributed by atoms with E-state index < -0.39 is 0 Å². The van der Waals surface area contributed by atoms with E-state index in [0.717, 1.165) is 25.1 Å². The van der Waals surface area contributed by atoms with E-state index in [1.54, 1.807) is 12.3 Å². The van der Waals surface area contributed by atoms with Gasteiger partial charge < -0.3 is 15.4 Å². The van der Waals surface area contributed by atoms with Crippen molar-refractivity contribution in [2.24, 2.45) is 0 Å². The van der Waals surface area contributed by atoms with Crippen molar-refractivity contribution in [2.75, 3.05) is 25.0 Å². The molecule has 0 spiro atoms. The molecule has 20 heavy (non-hydrogen) atoms. The zero-order chi connectivity index (χ0) is 14.2. The molecular formula is C15H23N3O2. The lowest BCUT2D eigenvalue weighted by atomic mass is 10.3. The van der Waals surface area contributed by atoms with Crippen LogP contribution in [0.3, 0.4) is 0 Å². The van der Waals surface area contributed by atoms with Crippen LogP contribution in [0, 0.1) is 0 Å². The van der Waals surface area contributed by atoms with Gasteiger partial charge in [0, 0.05) is 13.1 Å². The number of nitrogens with one attached hydrogen (secondary N) is 2. The second-order valence-electron chi connectivity index (χ2n) is 5.00. The number of ether oxygens (including phenoxy) is 1. The number of amides is 1. The van der Waals surface area contributed by atoms with E-state index in [2.05, 4.69) is 15.6 Å². The minimum atomic E-state index is -0.150. The highest BCUT2D eigenvalue weighted by Crippen LogP contribution is 2.20. The fourth-order valence-electron chi connectivity index (χ4n) is 2.37. The van der Waals surface area contributed by atoms with Crippen LogP contribution in [-0.2, 0) is 4.74 Å². The Hall–Kier alpha value is -1.62. The van der Waals surface area contributed by atoms with Crippen LogP contribution in [0.1, 0.15) is 43.1 Å². The van der Waals surface area contributed by atoms with Crippen molar-refractivity contribution in [2.45, 2.75) is 38.7 Å². The zero-order valence-electron chi connectivity index (χ0n) is 12.0. The van der Waals surface area contributed by atoms with Crippen LogP contribution < -0.4 is 10.6 Å². The highest BCUT2D eigenvalue weighted by Gasteiger charge is 2.15. The number of rotatable bonds is 7. The lowest BCUT2D eigenvalue weighted by molar-refractivity contribution is 0.0581. The molecule has 1 aliphatic carbocycles. The van der Waals surface area contributed by atoms with Crippen molar-refractivity contribution in [1.82, 2.24) is 10.3 Å². The summed E-state index contributed by atoms with van der Waals surface area (Å²) in [6.07, 6.45) is 6.90. The van der Waals surface area contributed by atoms with Gasteiger partial charge in [-0.1, -0.05) is 12.8 Å². The highest BCUT2D eigenvalue weighted by molar-refractivity contribution is 5.92. The Morgan fingerprint density at radius 1 is 1.40 bits per heavy atom. The maximum atomic E-state index is 11.9. The molecule has 5 heteroatoms. The summed E-state index contributed by atoms with van der Waals surface area (Å²) in [5.41, 5.74) is 1.36. The van der Waals surface area contributed by atoms with E-state index in [1.165, 1.54) is 12.8 Å². The fourth-order valence-corrected chi connectivity index (χ4v) is 2.37. The van der Waals surface area contributed by atoms with Crippen LogP contribution in [0.5, 0.6) is 0 Å². The predicted octanol–water partition coefficient (Wildman–Crippen LogP) is 2.20. The van der Waals surface area contributed by atoms with E-state index in [9.17, 15) is 4.79 Å². The molecule has 1 heterocycles. The quantitative estimate of drug-likeness (QED) is 0.750. The number of hydrogen-bond acceptors (Lipinski definition) is 4. The first-order valence-electron chi connectivity index (χ1n) is 7.39. The number of carbonyl (C=O) groups excluding carboxylic acids is 1. The van der Waals surface area contributed by atoms with Gasteiger partial charge in [-0.3, -0.25) is 4.79 Å². The van der Waals surface area contributed by atoms with E-state index >= 15 is 0 Å². The molecule has 0 atom stereocenters. The van der Waals surface area contributed by atoms with Crippen molar-refractivity contribution in [3.63, 3.8) is 0 Å². The maximum Gasteiger partial charge on any atom is 0.269 e. The molecular weight excluding hydrogens is 254 g/mol.